The van der Waals surface area contributed by atoms with E-state index in [9.17, 15) is 4.39 Å². The number of aromatic amines is 1. The maximum Gasteiger partial charge on any atom is 0.183 e. The fraction of sp³-hybridized carbons (Fsp3) is 0.0769. The largest absolute Gasteiger partial charge is 0.329 e. The van der Waals surface area contributed by atoms with E-state index >= 15 is 0 Å². The van der Waals surface area contributed by atoms with Crippen molar-refractivity contribution in [2.75, 3.05) is 0 Å². The average Bonchev–Trinajstić information content (AvgIpc) is 2.68. The zero-order valence-corrected chi connectivity index (χ0v) is 12.3. The number of nitrogens with zero attached hydrogens (tertiary/aromatic N) is 2. The Labute approximate surface area is 122 Å². The summed E-state index contributed by atoms with van der Waals surface area (Å²) < 4.78 is 16.5. The minimum Gasteiger partial charge on any atom is -0.329 e. The van der Waals surface area contributed by atoms with Crippen LogP contribution in [-0.2, 0) is 0 Å². The Hall–Kier alpha value is -1.53. The summed E-state index contributed by atoms with van der Waals surface area (Å²) in [5, 5.41) is 0. The van der Waals surface area contributed by atoms with E-state index in [-0.39, 0.29) is 5.82 Å². The van der Waals surface area contributed by atoms with Crippen LogP contribution in [0, 0.1) is 17.5 Å². The van der Waals surface area contributed by atoms with Crippen LogP contribution in [0.1, 0.15) is 5.56 Å². The standard InChI is InChI=1S/C13H9BrFN3S/c1-7-4-9(2-3-10(7)15)18-12-11(17-13(18)19)5-8(14)6-16-12/h2-6H,1H3,(H,17,19). The van der Waals surface area contributed by atoms with Gasteiger partial charge >= 0.3 is 0 Å². The zero-order chi connectivity index (χ0) is 13.6. The maximum absolute atomic E-state index is 13.3. The van der Waals surface area contributed by atoms with E-state index in [0.717, 1.165) is 21.3 Å². The number of aryl methyl sites for hydroxylation is 1. The van der Waals surface area contributed by atoms with E-state index in [1.807, 2.05) is 6.07 Å². The van der Waals surface area contributed by atoms with Crippen molar-refractivity contribution in [3.8, 4) is 5.69 Å². The van der Waals surface area contributed by atoms with Crippen molar-refractivity contribution in [3.05, 3.63) is 51.1 Å². The molecule has 0 aliphatic heterocycles. The van der Waals surface area contributed by atoms with Gasteiger partial charge in [-0.15, -0.1) is 0 Å². The Morgan fingerprint density at radius 2 is 2.16 bits per heavy atom. The van der Waals surface area contributed by atoms with Gasteiger partial charge in [0.25, 0.3) is 0 Å². The van der Waals surface area contributed by atoms with Crippen LogP contribution in [0.25, 0.3) is 16.9 Å². The molecule has 0 aliphatic carbocycles. The second-order valence-corrected chi connectivity index (χ2v) is 5.53. The summed E-state index contributed by atoms with van der Waals surface area (Å²) >= 11 is 8.68. The summed E-state index contributed by atoms with van der Waals surface area (Å²) in [6.45, 7) is 1.72. The molecule has 3 rings (SSSR count). The fourth-order valence-electron chi connectivity index (χ4n) is 1.98. The number of hydrogen-bond donors (Lipinski definition) is 1. The summed E-state index contributed by atoms with van der Waals surface area (Å²) in [5.41, 5.74) is 2.93. The van der Waals surface area contributed by atoms with Gasteiger partial charge < -0.3 is 4.98 Å². The Balaban J connectivity index is 2.32. The molecular weight excluding hydrogens is 329 g/mol. The molecule has 6 heteroatoms. The van der Waals surface area contributed by atoms with Crippen LogP contribution in [0.3, 0.4) is 0 Å². The average molecular weight is 338 g/mol. The number of H-pyrrole nitrogens is 1. The maximum atomic E-state index is 13.3. The molecule has 0 unspecified atom stereocenters. The molecule has 0 radical (unpaired) electrons. The number of nitrogens with one attached hydrogen (secondary N) is 1. The normalized spacial score (nSPS) is 11.1. The van der Waals surface area contributed by atoms with Gasteiger partial charge in [0.05, 0.1) is 11.2 Å². The van der Waals surface area contributed by atoms with Crippen molar-refractivity contribution in [2.45, 2.75) is 6.92 Å². The summed E-state index contributed by atoms with van der Waals surface area (Å²) in [7, 11) is 0. The Morgan fingerprint density at radius 3 is 2.89 bits per heavy atom. The van der Waals surface area contributed by atoms with Crippen molar-refractivity contribution in [1.29, 1.82) is 0 Å². The van der Waals surface area contributed by atoms with E-state index in [2.05, 4.69) is 25.9 Å². The molecule has 3 aromatic rings. The molecule has 2 aromatic heterocycles. The number of rotatable bonds is 1. The smallest absolute Gasteiger partial charge is 0.183 e. The Bertz CT molecular complexity index is 838. The fourth-order valence-corrected chi connectivity index (χ4v) is 2.61. The molecule has 2 heterocycles. The van der Waals surface area contributed by atoms with Gasteiger partial charge in [-0.3, -0.25) is 4.57 Å². The molecule has 0 saturated carbocycles. The molecule has 0 saturated heterocycles. The topological polar surface area (TPSA) is 33.6 Å². The zero-order valence-electron chi connectivity index (χ0n) is 9.95. The predicted octanol–water partition coefficient (Wildman–Crippen LogP) is 4.29. The molecule has 0 amide bonds. The van der Waals surface area contributed by atoms with Crippen LogP contribution in [-0.4, -0.2) is 14.5 Å². The molecule has 0 fully saturated rings. The third-order valence-corrected chi connectivity index (χ3v) is 3.61. The van der Waals surface area contributed by atoms with Crippen LogP contribution in [0.15, 0.2) is 34.9 Å². The van der Waals surface area contributed by atoms with Crippen LogP contribution in [0.4, 0.5) is 4.39 Å². The third kappa shape index (κ3) is 2.11. The van der Waals surface area contributed by atoms with Gasteiger partial charge in [-0.2, -0.15) is 0 Å². The van der Waals surface area contributed by atoms with E-state index in [1.54, 1.807) is 29.8 Å². The quantitative estimate of drug-likeness (QED) is 0.672. The third-order valence-electron chi connectivity index (χ3n) is 2.89. The molecule has 1 N–H and O–H groups in total. The van der Waals surface area contributed by atoms with Gasteiger partial charge in [-0.25, -0.2) is 9.37 Å². The van der Waals surface area contributed by atoms with Crippen LogP contribution in [0.2, 0.25) is 0 Å². The highest BCUT2D eigenvalue weighted by atomic mass is 79.9. The van der Waals surface area contributed by atoms with Gasteiger partial charge in [0, 0.05) is 10.7 Å². The second-order valence-electron chi connectivity index (χ2n) is 4.22. The Morgan fingerprint density at radius 1 is 1.37 bits per heavy atom. The van der Waals surface area contributed by atoms with E-state index in [0.29, 0.717) is 10.3 Å². The first-order valence-electron chi connectivity index (χ1n) is 5.59. The molecule has 0 bridgehead atoms. The number of aromatic nitrogens is 3. The van der Waals surface area contributed by atoms with Crippen molar-refractivity contribution in [3.63, 3.8) is 0 Å². The van der Waals surface area contributed by atoms with Gasteiger partial charge in [0.2, 0.25) is 0 Å². The molecule has 0 aliphatic rings. The van der Waals surface area contributed by atoms with Crippen LogP contribution >= 0.6 is 28.1 Å². The first-order chi connectivity index (χ1) is 9.06. The lowest BCUT2D eigenvalue weighted by Crippen LogP contribution is -1.97. The van der Waals surface area contributed by atoms with Crippen LogP contribution in [0.5, 0.6) is 0 Å². The number of halogens is 2. The summed E-state index contributed by atoms with van der Waals surface area (Å²) in [6.07, 6.45) is 1.71. The number of benzene rings is 1. The number of pyridine rings is 1. The minimum atomic E-state index is -0.231. The summed E-state index contributed by atoms with van der Waals surface area (Å²) in [5.74, 6) is -0.231. The lowest BCUT2D eigenvalue weighted by molar-refractivity contribution is 0.618. The molecule has 96 valence electrons. The SMILES string of the molecule is Cc1cc(-n2c(=S)[nH]c3cc(Br)cnc32)ccc1F. The number of imidazole rings is 1. The molecule has 19 heavy (non-hydrogen) atoms. The Kier molecular flexibility index (Phi) is 2.99. The van der Waals surface area contributed by atoms with E-state index in [1.165, 1.54) is 6.07 Å². The minimum absolute atomic E-state index is 0.231. The van der Waals surface area contributed by atoms with Crippen molar-refractivity contribution < 1.29 is 4.39 Å². The van der Waals surface area contributed by atoms with Gasteiger partial charge in [0.15, 0.2) is 10.4 Å². The molecule has 0 atom stereocenters. The van der Waals surface area contributed by atoms with E-state index in [4.69, 9.17) is 12.2 Å². The highest BCUT2D eigenvalue weighted by Crippen LogP contribution is 2.22. The lowest BCUT2D eigenvalue weighted by atomic mass is 10.2. The van der Waals surface area contributed by atoms with Gasteiger partial charge in [-0.05, 0) is 64.9 Å². The predicted molar refractivity (Wildman–Crippen MR) is 78.6 cm³/mol. The van der Waals surface area contributed by atoms with Crippen molar-refractivity contribution >= 4 is 39.3 Å². The highest BCUT2D eigenvalue weighted by Gasteiger charge is 2.09. The molecule has 0 spiro atoms. The summed E-state index contributed by atoms with van der Waals surface area (Å²) in [4.78, 5) is 7.45. The molecule has 1 aromatic carbocycles. The monoisotopic (exact) mass is 337 g/mol. The summed E-state index contributed by atoms with van der Waals surface area (Å²) in [6, 6.07) is 6.78. The van der Waals surface area contributed by atoms with Gasteiger partial charge in [0.1, 0.15) is 5.82 Å². The highest BCUT2D eigenvalue weighted by molar-refractivity contribution is 9.10. The van der Waals surface area contributed by atoms with Crippen molar-refractivity contribution in [1.82, 2.24) is 14.5 Å². The number of hydrogen-bond acceptors (Lipinski definition) is 2. The van der Waals surface area contributed by atoms with Crippen molar-refractivity contribution in [2.24, 2.45) is 0 Å². The second kappa shape index (κ2) is 4.54. The first-order valence-corrected chi connectivity index (χ1v) is 6.79. The first kappa shape index (κ1) is 12.5. The van der Waals surface area contributed by atoms with Gasteiger partial charge in [-0.1, -0.05) is 0 Å². The number of fused-ring (bicyclic) bond motifs is 1. The molecule has 3 nitrogen and oxygen atoms in total. The van der Waals surface area contributed by atoms with Crippen LogP contribution < -0.4 is 0 Å². The lowest BCUT2D eigenvalue weighted by Gasteiger charge is -2.05. The van der Waals surface area contributed by atoms with E-state index < -0.39 is 0 Å². The molecular formula is C13H9BrFN3S.